The van der Waals surface area contributed by atoms with Crippen molar-refractivity contribution in [3.63, 3.8) is 0 Å². The van der Waals surface area contributed by atoms with Crippen LogP contribution in [0.15, 0.2) is 47.4 Å². The molecule has 2 aromatic carbocycles. The molecule has 0 radical (unpaired) electrons. The van der Waals surface area contributed by atoms with Crippen LogP contribution in [-0.4, -0.2) is 34.4 Å². The highest BCUT2D eigenvalue weighted by atomic mass is 32.2. The van der Waals surface area contributed by atoms with Crippen LogP contribution in [0, 0.1) is 6.92 Å². The summed E-state index contributed by atoms with van der Waals surface area (Å²) in [6.45, 7) is 3.70. The molecule has 1 atom stereocenters. The molecule has 1 unspecified atom stereocenters. The number of hydrogen-bond acceptors (Lipinski definition) is 6. The monoisotopic (exact) mass is 386 g/mol. The molecule has 1 aliphatic heterocycles. The van der Waals surface area contributed by atoms with E-state index in [0.717, 1.165) is 22.2 Å². The van der Waals surface area contributed by atoms with Crippen LogP contribution < -0.4 is 10.6 Å². The van der Waals surface area contributed by atoms with Crippen LogP contribution in [0.1, 0.15) is 22.8 Å². The Hall–Kier alpha value is -3.00. The van der Waals surface area contributed by atoms with Crippen molar-refractivity contribution in [2.24, 2.45) is 0 Å². The van der Waals surface area contributed by atoms with Gasteiger partial charge in [-0.1, -0.05) is 17.8 Å². The summed E-state index contributed by atoms with van der Waals surface area (Å²) in [6, 6.07) is 11.3. The Labute approximate surface area is 160 Å². The van der Waals surface area contributed by atoms with Crippen LogP contribution in [0.25, 0.3) is 0 Å². The van der Waals surface area contributed by atoms with E-state index in [0.29, 0.717) is 11.4 Å². The zero-order chi connectivity index (χ0) is 19.6. The molecule has 8 heteroatoms. The molecule has 1 amide bonds. The number of thioether (sulfide) groups is 1. The van der Waals surface area contributed by atoms with E-state index in [4.69, 9.17) is 9.84 Å². The minimum atomic E-state index is -1.72. The molecule has 0 spiro atoms. The highest BCUT2D eigenvalue weighted by Gasteiger charge is 2.52. The van der Waals surface area contributed by atoms with Crippen LogP contribution in [0.2, 0.25) is 0 Å². The Kier molecular flexibility index (Phi) is 5.09. The predicted molar refractivity (Wildman–Crippen MR) is 102 cm³/mol. The summed E-state index contributed by atoms with van der Waals surface area (Å²) in [5.41, 5.74) is 2.14. The van der Waals surface area contributed by atoms with E-state index in [2.05, 4.69) is 10.6 Å². The number of fused-ring (bicyclic) bond motifs is 1. The highest BCUT2D eigenvalue weighted by molar-refractivity contribution is 8.02. The Bertz CT molecular complexity index is 913. The minimum absolute atomic E-state index is 0.104. The zero-order valence-corrected chi connectivity index (χ0v) is 15.6. The molecular weight excluding hydrogens is 368 g/mol. The second-order valence-corrected chi connectivity index (χ2v) is 7.22. The fraction of sp³-hybridized carbons (Fsp3) is 0.211. The second-order valence-electron chi connectivity index (χ2n) is 5.96. The first-order chi connectivity index (χ1) is 12.9. The number of carboxylic acid groups (broad SMARTS) is 1. The van der Waals surface area contributed by atoms with Crippen LogP contribution in [-0.2, 0) is 14.3 Å². The van der Waals surface area contributed by atoms with E-state index in [1.807, 2.05) is 19.1 Å². The summed E-state index contributed by atoms with van der Waals surface area (Å²) >= 11 is 1.07. The summed E-state index contributed by atoms with van der Waals surface area (Å²) in [7, 11) is 0. The number of nitrogens with one attached hydrogen (secondary N) is 2. The Balaban J connectivity index is 2.01. The molecular formula is C19H18N2O5S. The summed E-state index contributed by atoms with van der Waals surface area (Å²) in [5.74, 6) is -2.33. The third kappa shape index (κ3) is 3.61. The SMILES string of the molecule is CCOC(=O)C1(Nc2ccc(C(=O)O)cc2)Sc2cc(C)ccc2NC1=O. The van der Waals surface area contributed by atoms with Gasteiger partial charge >= 0.3 is 11.9 Å². The van der Waals surface area contributed by atoms with Crippen molar-refractivity contribution in [2.45, 2.75) is 23.6 Å². The number of hydrogen-bond donors (Lipinski definition) is 3. The number of carbonyl (C=O) groups is 3. The van der Waals surface area contributed by atoms with Gasteiger partial charge in [0.1, 0.15) is 0 Å². The van der Waals surface area contributed by atoms with Gasteiger partial charge in [0.05, 0.1) is 17.9 Å². The average molecular weight is 386 g/mol. The number of rotatable bonds is 5. The highest BCUT2D eigenvalue weighted by Crippen LogP contribution is 2.44. The van der Waals surface area contributed by atoms with Crippen molar-refractivity contribution in [1.29, 1.82) is 0 Å². The smallest absolute Gasteiger partial charge is 0.352 e. The van der Waals surface area contributed by atoms with Crippen LogP contribution >= 0.6 is 11.8 Å². The van der Waals surface area contributed by atoms with Crippen molar-refractivity contribution in [3.05, 3.63) is 53.6 Å². The maximum absolute atomic E-state index is 12.9. The average Bonchev–Trinajstić information content (AvgIpc) is 2.63. The van der Waals surface area contributed by atoms with Gasteiger partial charge in [0, 0.05) is 10.6 Å². The third-order valence-electron chi connectivity index (χ3n) is 3.98. The normalized spacial score (nSPS) is 18.2. The van der Waals surface area contributed by atoms with Gasteiger partial charge < -0.3 is 20.5 Å². The molecule has 3 N–H and O–H groups in total. The quantitative estimate of drug-likeness (QED) is 0.536. The number of anilines is 2. The molecule has 0 aromatic heterocycles. The van der Waals surface area contributed by atoms with Gasteiger partial charge in [-0.3, -0.25) is 4.79 Å². The maximum Gasteiger partial charge on any atom is 0.352 e. The summed E-state index contributed by atoms with van der Waals surface area (Å²) < 4.78 is 5.16. The number of aromatic carboxylic acids is 1. The Morgan fingerprint density at radius 1 is 1.22 bits per heavy atom. The number of benzene rings is 2. The van der Waals surface area contributed by atoms with E-state index in [1.54, 1.807) is 13.0 Å². The largest absolute Gasteiger partial charge is 0.478 e. The standard InChI is InChI=1S/C19H18N2O5S/c1-3-26-18(25)19(21-13-7-5-12(6-8-13)16(22)23)17(24)20-14-9-4-11(2)10-15(14)27-19/h4-10,21H,3H2,1-2H3,(H,20,24)(H,22,23). The van der Waals surface area contributed by atoms with Crippen LogP contribution in [0.3, 0.4) is 0 Å². The van der Waals surface area contributed by atoms with Crippen LogP contribution in [0.5, 0.6) is 0 Å². The third-order valence-corrected chi connectivity index (χ3v) is 5.30. The second kappa shape index (κ2) is 7.32. The first-order valence-corrected chi connectivity index (χ1v) is 9.07. The molecule has 0 bridgehead atoms. The van der Waals surface area contributed by atoms with Crippen molar-refractivity contribution < 1.29 is 24.2 Å². The molecule has 7 nitrogen and oxygen atoms in total. The number of aryl methyl sites for hydroxylation is 1. The molecule has 0 saturated heterocycles. The van der Waals surface area contributed by atoms with Gasteiger partial charge in [-0.05, 0) is 55.8 Å². The Morgan fingerprint density at radius 3 is 2.56 bits per heavy atom. The molecule has 3 rings (SSSR count). The number of ether oxygens (including phenoxy) is 1. The molecule has 0 aliphatic carbocycles. The maximum atomic E-state index is 12.9. The fourth-order valence-corrected chi connectivity index (χ4v) is 3.90. The molecule has 27 heavy (non-hydrogen) atoms. The van der Waals surface area contributed by atoms with E-state index in [-0.39, 0.29) is 12.2 Å². The van der Waals surface area contributed by atoms with Gasteiger partial charge in [0.25, 0.3) is 10.8 Å². The van der Waals surface area contributed by atoms with Gasteiger partial charge in [0.15, 0.2) is 0 Å². The predicted octanol–water partition coefficient (Wildman–Crippen LogP) is 3.11. The molecule has 1 aliphatic rings. The van der Waals surface area contributed by atoms with Gasteiger partial charge in [-0.15, -0.1) is 0 Å². The van der Waals surface area contributed by atoms with Gasteiger partial charge in [-0.25, -0.2) is 9.59 Å². The minimum Gasteiger partial charge on any atom is -0.478 e. The lowest BCUT2D eigenvalue weighted by Gasteiger charge is -2.35. The lowest BCUT2D eigenvalue weighted by Crippen LogP contribution is -2.55. The fourth-order valence-electron chi connectivity index (χ4n) is 2.64. The summed E-state index contributed by atoms with van der Waals surface area (Å²) in [5, 5.41) is 14.7. The number of carboxylic acids is 1. The van der Waals surface area contributed by atoms with Crippen molar-refractivity contribution >= 4 is 41.0 Å². The van der Waals surface area contributed by atoms with Gasteiger partial charge in [-0.2, -0.15) is 0 Å². The van der Waals surface area contributed by atoms with E-state index in [1.165, 1.54) is 24.3 Å². The summed E-state index contributed by atoms with van der Waals surface area (Å²) in [6.07, 6.45) is 0. The number of esters is 1. The van der Waals surface area contributed by atoms with Crippen LogP contribution in [0.4, 0.5) is 11.4 Å². The molecule has 2 aromatic rings. The molecule has 0 saturated carbocycles. The molecule has 1 heterocycles. The number of amides is 1. The molecule has 0 fully saturated rings. The van der Waals surface area contributed by atoms with Gasteiger partial charge in [0.2, 0.25) is 0 Å². The Morgan fingerprint density at radius 2 is 1.93 bits per heavy atom. The van der Waals surface area contributed by atoms with Crippen molar-refractivity contribution in [3.8, 4) is 0 Å². The first-order valence-electron chi connectivity index (χ1n) is 8.25. The van der Waals surface area contributed by atoms with Crippen molar-refractivity contribution in [2.75, 3.05) is 17.2 Å². The topological polar surface area (TPSA) is 105 Å². The van der Waals surface area contributed by atoms with E-state index in [9.17, 15) is 14.4 Å². The van der Waals surface area contributed by atoms with E-state index < -0.39 is 22.7 Å². The number of carbonyl (C=O) groups excluding carboxylic acids is 2. The lowest BCUT2D eigenvalue weighted by molar-refractivity contribution is -0.147. The summed E-state index contributed by atoms with van der Waals surface area (Å²) in [4.78, 5) is 35.6. The van der Waals surface area contributed by atoms with Crippen molar-refractivity contribution in [1.82, 2.24) is 0 Å². The lowest BCUT2D eigenvalue weighted by atomic mass is 10.1. The zero-order valence-electron chi connectivity index (χ0n) is 14.7. The van der Waals surface area contributed by atoms with E-state index >= 15 is 0 Å². The first kappa shape index (κ1) is 18.8. The molecule has 140 valence electrons.